The maximum absolute atomic E-state index is 12.7. The van der Waals surface area contributed by atoms with E-state index in [9.17, 15) is 4.79 Å². The Labute approximate surface area is 176 Å². The molecular formula is C25H25N3O2. The van der Waals surface area contributed by atoms with Gasteiger partial charge in [0.15, 0.2) is 0 Å². The quantitative estimate of drug-likeness (QED) is 0.699. The van der Waals surface area contributed by atoms with Crippen molar-refractivity contribution in [2.45, 2.75) is 6.04 Å². The molecule has 3 aromatic carbocycles. The second kappa shape index (κ2) is 7.84. The molecule has 1 fully saturated rings. The first-order valence-electron chi connectivity index (χ1n) is 10.4. The Hall–Kier alpha value is -3.31. The van der Waals surface area contributed by atoms with E-state index in [0.29, 0.717) is 13.1 Å². The van der Waals surface area contributed by atoms with Crippen molar-refractivity contribution in [1.29, 1.82) is 0 Å². The van der Waals surface area contributed by atoms with Crippen LogP contribution in [0.1, 0.15) is 17.2 Å². The summed E-state index contributed by atoms with van der Waals surface area (Å²) in [5.41, 5.74) is 6.15. The van der Waals surface area contributed by atoms with Crippen LogP contribution in [0.3, 0.4) is 0 Å². The first kappa shape index (κ1) is 18.7. The molecule has 30 heavy (non-hydrogen) atoms. The van der Waals surface area contributed by atoms with Crippen LogP contribution in [0.15, 0.2) is 72.8 Å². The number of ether oxygens (including phenoxy) is 1. The lowest BCUT2D eigenvalue weighted by Gasteiger charge is -2.38. The zero-order valence-corrected chi connectivity index (χ0v) is 17.0. The molecule has 2 amide bonds. The number of nitrogens with one attached hydrogen (secondary N) is 1. The molecule has 0 aromatic heterocycles. The number of hydrogen-bond donors (Lipinski definition) is 1. The normalized spacial score (nSPS) is 16.1. The predicted octanol–water partition coefficient (Wildman–Crippen LogP) is 4.61. The van der Waals surface area contributed by atoms with Gasteiger partial charge in [0.1, 0.15) is 5.75 Å². The number of carbonyl (C=O) groups excluding carboxylic acids is 1. The highest BCUT2D eigenvalue weighted by Gasteiger charge is 2.34. The van der Waals surface area contributed by atoms with Gasteiger partial charge in [0.05, 0.1) is 13.2 Å². The molecule has 0 bridgehead atoms. The lowest BCUT2D eigenvalue weighted by molar-refractivity contribution is 0.128. The second-order valence-electron chi connectivity index (χ2n) is 7.76. The van der Waals surface area contributed by atoms with Crippen LogP contribution in [0.5, 0.6) is 5.75 Å². The van der Waals surface area contributed by atoms with Crippen molar-refractivity contribution in [3.05, 3.63) is 83.9 Å². The van der Waals surface area contributed by atoms with Crippen LogP contribution < -0.4 is 10.1 Å². The molecule has 1 aliphatic heterocycles. The summed E-state index contributed by atoms with van der Waals surface area (Å²) in [7, 11) is 1.62. The summed E-state index contributed by atoms with van der Waals surface area (Å²) >= 11 is 0. The molecule has 3 aromatic rings. The van der Waals surface area contributed by atoms with E-state index < -0.39 is 0 Å². The Morgan fingerprint density at radius 3 is 2.13 bits per heavy atom. The molecule has 5 heteroatoms. The topological polar surface area (TPSA) is 44.8 Å². The highest BCUT2D eigenvalue weighted by molar-refractivity contribution is 5.89. The number of nitrogens with zero attached hydrogens (tertiary/aromatic N) is 2. The summed E-state index contributed by atoms with van der Waals surface area (Å²) in [6.07, 6.45) is 0. The molecule has 0 atom stereocenters. The van der Waals surface area contributed by atoms with Gasteiger partial charge in [-0.15, -0.1) is 0 Å². The van der Waals surface area contributed by atoms with Gasteiger partial charge < -0.3 is 15.0 Å². The van der Waals surface area contributed by atoms with Crippen molar-refractivity contribution in [3.8, 4) is 16.9 Å². The van der Waals surface area contributed by atoms with Crippen molar-refractivity contribution in [2.24, 2.45) is 0 Å². The molecule has 1 saturated heterocycles. The van der Waals surface area contributed by atoms with E-state index in [1.807, 2.05) is 29.2 Å². The van der Waals surface area contributed by atoms with Crippen LogP contribution in [-0.4, -0.2) is 49.1 Å². The van der Waals surface area contributed by atoms with Crippen molar-refractivity contribution < 1.29 is 9.53 Å². The fourth-order valence-electron chi connectivity index (χ4n) is 4.61. The molecular weight excluding hydrogens is 374 g/mol. The monoisotopic (exact) mass is 399 g/mol. The summed E-state index contributed by atoms with van der Waals surface area (Å²) < 4.78 is 5.24. The molecule has 2 aliphatic rings. The molecule has 1 N–H and O–H groups in total. The molecule has 0 saturated carbocycles. The van der Waals surface area contributed by atoms with E-state index in [0.717, 1.165) is 24.5 Å². The first-order chi connectivity index (χ1) is 14.7. The van der Waals surface area contributed by atoms with E-state index in [1.54, 1.807) is 7.11 Å². The number of hydrogen-bond acceptors (Lipinski definition) is 3. The SMILES string of the molecule is COc1cccc(NC(=O)N2CCN(C3c4ccccc4-c4ccccc43)CC2)c1. The standard InChI is InChI=1S/C25H25N3O2/c1-30-19-8-6-7-18(17-19)26-25(29)28-15-13-27(14-16-28)24-22-11-4-2-9-20(22)21-10-3-5-12-23(21)24/h2-12,17,24H,13-16H2,1H3,(H,26,29). The van der Waals surface area contributed by atoms with E-state index in [4.69, 9.17) is 4.74 Å². The Morgan fingerprint density at radius 2 is 1.50 bits per heavy atom. The Kier molecular flexibility index (Phi) is 4.89. The summed E-state index contributed by atoms with van der Waals surface area (Å²) in [5.74, 6) is 0.733. The number of piperazine rings is 1. The van der Waals surface area contributed by atoms with E-state index in [1.165, 1.54) is 22.3 Å². The van der Waals surface area contributed by atoms with Gasteiger partial charge in [0.2, 0.25) is 0 Å². The van der Waals surface area contributed by atoms with Gasteiger partial charge in [0.25, 0.3) is 0 Å². The summed E-state index contributed by atoms with van der Waals surface area (Å²) in [6.45, 7) is 3.10. The number of rotatable bonds is 3. The van der Waals surface area contributed by atoms with Crippen LogP contribution in [0.2, 0.25) is 0 Å². The Bertz CT molecular complexity index is 1030. The van der Waals surface area contributed by atoms with E-state index >= 15 is 0 Å². The molecule has 1 aliphatic carbocycles. The molecule has 152 valence electrons. The smallest absolute Gasteiger partial charge is 0.321 e. The van der Waals surface area contributed by atoms with Gasteiger partial charge in [0, 0.05) is 37.9 Å². The maximum atomic E-state index is 12.7. The summed E-state index contributed by atoms with van der Waals surface area (Å²) in [4.78, 5) is 17.1. The van der Waals surface area contributed by atoms with Crippen LogP contribution in [-0.2, 0) is 0 Å². The van der Waals surface area contributed by atoms with Gasteiger partial charge in [-0.2, -0.15) is 0 Å². The molecule has 0 spiro atoms. The minimum Gasteiger partial charge on any atom is -0.497 e. The van der Waals surface area contributed by atoms with Gasteiger partial charge in [-0.1, -0.05) is 54.6 Å². The van der Waals surface area contributed by atoms with Crippen molar-refractivity contribution in [3.63, 3.8) is 0 Å². The molecule has 0 radical (unpaired) electrons. The summed E-state index contributed by atoms with van der Waals surface area (Å²) in [6, 6.07) is 25.0. The minimum absolute atomic E-state index is 0.0601. The average molecular weight is 399 g/mol. The zero-order chi connectivity index (χ0) is 20.5. The Balaban J connectivity index is 1.29. The third-order valence-electron chi connectivity index (χ3n) is 6.09. The van der Waals surface area contributed by atoms with Gasteiger partial charge in [-0.25, -0.2) is 4.79 Å². The molecule has 5 nitrogen and oxygen atoms in total. The van der Waals surface area contributed by atoms with Crippen LogP contribution in [0, 0.1) is 0 Å². The van der Waals surface area contributed by atoms with Crippen molar-refractivity contribution in [1.82, 2.24) is 9.80 Å². The molecule has 1 heterocycles. The largest absolute Gasteiger partial charge is 0.497 e. The van der Waals surface area contributed by atoms with Crippen molar-refractivity contribution >= 4 is 11.7 Å². The lowest BCUT2D eigenvalue weighted by Crippen LogP contribution is -2.50. The number of fused-ring (bicyclic) bond motifs is 3. The third kappa shape index (κ3) is 3.31. The zero-order valence-electron chi connectivity index (χ0n) is 17.0. The Morgan fingerprint density at radius 1 is 0.867 bits per heavy atom. The highest BCUT2D eigenvalue weighted by atomic mass is 16.5. The van der Waals surface area contributed by atoms with Gasteiger partial charge in [-0.3, -0.25) is 4.90 Å². The number of amides is 2. The summed E-state index contributed by atoms with van der Waals surface area (Å²) in [5, 5.41) is 2.99. The van der Waals surface area contributed by atoms with E-state index in [-0.39, 0.29) is 12.1 Å². The van der Waals surface area contributed by atoms with Crippen LogP contribution in [0.25, 0.3) is 11.1 Å². The molecule has 5 rings (SSSR count). The maximum Gasteiger partial charge on any atom is 0.321 e. The number of carbonyl (C=O) groups is 1. The minimum atomic E-state index is -0.0601. The first-order valence-corrected chi connectivity index (χ1v) is 10.4. The second-order valence-corrected chi connectivity index (χ2v) is 7.76. The van der Waals surface area contributed by atoms with Crippen LogP contribution >= 0.6 is 0 Å². The number of urea groups is 1. The third-order valence-corrected chi connectivity index (χ3v) is 6.09. The average Bonchev–Trinajstić information content (AvgIpc) is 3.14. The lowest BCUT2D eigenvalue weighted by atomic mass is 10.0. The number of benzene rings is 3. The van der Waals surface area contributed by atoms with Crippen molar-refractivity contribution in [2.75, 3.05) is 38.6 Å². The number of methoxy groups -OCH3 is 1. The highest BCUT2D eigenvalue weighted by Crippen LogP contribution is 2.46. The fraction of sp³-hybridized carbons (Fsp3) is 0.240. The number of anilines is 1. The predicted molar refractivity (Wildman–Crippen MR) is 119 cm³/mol. The van der Waals surface area contributed by atoms with E-state index in [2.05, 4.69) is 58.7 Å². The fourth-order valence-corrected chi connectivity index (χ4v) is 4.61. The van der Waals surface area contributed by atoms with Gasteiger partial charge >= 0.3 is 6.03 Å². The molecule has 0 unspecified atom stereocenters. The van der Waals surface area contributed by atoms with Gasteiger partial charge in [-0.05, 0) is 34.4 Å². The van der Waals surface area contributed by atoms with Crippen LogP contribution in [0.4, 0.5) is 10.5 Å².